The molecule has 0 atom stereocenters. The highest BCUT2D eigenvalue weighted by atomic mass is 16.5. The van der Waals surface area contributed by atoms with Crippen molar-refractivity contribution in [3.8, 4) is 5.75 Å². The number of rotatable bonds is 3. The van der Waals surface area contributed by atoms with Crippen LogP contribution in [0.15, 0.2) is 16.7 Å². The van der Waals surface area contributed by atoms with E-state index in [2.05, 4.69) is 0 Å². The fraction of sp³-hybridized carbons (Fsp3) is 0.429. The molecule has 0 saturated carbocycles. The van der Waals surface area contributed by atoms with Gasteiger partial charge in [0.1, 0.15) is 6.61 Å². The van der Waals surface area contributed by atoms with Gasteiger partial charge in [0.05, 0.1) is 12.9 Å². The molecule has 1 heterocycles. The molecule has 10 heavy (non-hydrogen) atoms. The predicted molar refractivity (Wildman–Crippen MR) is 35.8 cm³/mol. The van der Waals surface area contributed by atoms with Gasteiger partial charge in [0.2, 0.25) is 0 Å². The number of ether oxygens (including phenoxy) is 1. The zero-order chi connectivity index (χ0) is 7.40. The average Bonchev–Trinajstić information content (AvgIpc) is 2.36. The second kappa shape index (κ2) is 3.27. The van der Waals surface area contributed by atoms with Gasteiger partial charge in [0.25, 0.3) is 0 Å². The number of hydrogen-bond acceptors (Lipinski definition) is 3. The van der Waals surface area contributed by atoms with Gasteiger partial charge in [-0.2, -0.15) is 0 Å². The summed E-state index contributed by atoms with van der Waals surface area (Å²) < 4.78 is 10.0. The Morgan fingerprint density at radius 3 is 3.10 bits per heavy atom. The van der Waals surface area contributed by atoms with E-state index in [0.717, 1.165) is 0 Å². The summed E-state index contributed by atoms with van der Waals surface area (Å²) in [5.74, 6) is 1.12. The molecular weight excluding hydrogens is 132 g/mol. The first-order valence-electron chi connectivity index (χ1n) is 3.18. The Bertz CT molecular complexity index is 192. The lowest BCUT2D eigenvalue weighted by molar-refractivity contribution is 0.232. The maximum Gasteiger partial charge on any atom is 0.170 e. The molecule has 0 aliphatic heterocycles. The minimum Gasteiger partial charge on any atom is -0.490 e. The third kappa shape index (κ3) is 1.30. The molecule has 0 spiro atoms. The van der Waals surface area contributed by atoms with Crippen molar-refractivity contribution in [1.29, 1.82) is 0 Å². The third-order valence-electron chi connectivity index (χ3n) is 1.15. The van der Waals surface area contributed by atoms with Crippen LogP contribution < -0.4 is 4.74 Å². The third-order valence-corrected chi connectivity index (χ3v) is 1.15. The van der Waals surface area contributed by atoms with E-state index in [9.17, 15) is 0 Å². The summed E-state index contributed by atoms with van der Waals surface area (Å²) in [6.07, 6.45) is 1.50. The van der Waals surface area contributed by atoms with Gasteiger partial charge in [-0.25, -0.2) is 0 Å². The monoisotopic (exact) mass is 142 g/mol. The molecule has 0 unspecified atom stereocenters. The Balaban J connectivity index is 2.70. The highest BCUT2D eigenvalue weighted by Crippen LogP contribution is 2.18. The molecule has 1 rings (SSSR count). The van der Waals surface area contributed by atoms with Crippen LogP contribution in [0, 0.1) is 0 Å². The Labute approximate surface area is 59.2 Å². The Morgan fingerprint density at radius 1 is 1.70 bits per heavy atom. The lowest BCUT2D eigenvalue weighted by Crippen LogP contribution is -1.92. The summed E-state index contributed by atoms with van der Waals surface area (Å²) in [4.78, 5) is 0. The molecule has 56 valence electrons. The Kier molecular flexibility index (Phi) is 2.34. The maximum atomic E-state index is 8.66. The van der Waals surface area contributed by atoms with E-state index in [-0.39, 0.29) is 6.61 Å². The Morgan fingerprint density at radius 2 is 2.50 bits per heavy atom. The number of furan rings is 1. The van der Waals surface area contributed by atoms with E-state index < -0.39 is 0 Å². The molecule has 1 N–H and O–H groups in total. The first kappa shape index (κ1) is 7.15. The summed E-state index contributed by atoms with van der Waals surface area (Å²) in [5.41, 5.74) is 0. The van der Waals surface area contributed by atoms with E-state index in [4.69, 9.17) is 14.3 Å². The van der Waals surface area contributed by atoms with Crippen LogP contribution in [0.1, 0.15) is 12.7 Å². The molecule has 0 amide bonds. The van der Waals surface area contributed by atoms with Crippen molar-refractivity contribution < 1.29 is 14.3 Å². The van der Waals surface area contributed by atoms with Crippen molar-refractivity contribution in [2.75, 3.05) is 6.61 Å². The molecule has 1 aromatic heterocycles. The number of aliphatic hydroxyl groups excluding tert-OH is 1. The molecule has 1 aromatic rings. The summed E-state index contributed by atoms with van der Waals surface area (Å²) in [6.45, 7) is 2.36. The average molecular weight is 142 g/mol. The second-order valence-corrected chi connectivity index (χ2v) is 1.80. The minimum atomic E-state index is -0.109. The summed E-state index contributed by atoms with van der Waals surface area (Å²) in [7, 11) is 0. The molecule has 3 heteroatoms. The summed E-state index contributed by atoms with van der Waals surface area (Å²) >= 11 is 0. The van der Waals surface area contributed by atoms with Crippen molar-refractivity contribution in [3.63, 3.8) is 0 Å². The van der Waals surface area contributed by atoms with Gasteiger partial charge in [-0.15, -0.1) is 0 Å². The van der Waals surface area contributed by atoms with Crippen molar-refractivity contribution in [2.24, 2.45) is 0 Å². The zero-order valence-electron chi connectivity index (χ0n) is 5.83. The highest BCUT2D eigenvalue weighted by molar-refractivity contribution is 5.23. The first-order chi connectivity index (χ1) is 4.88. The summed E-state index contributed by atoms with van der Waals surface area (Å²) in [6, 6.07) is 1.69. The van der Waals surface area contributed by atoms with E-state index in [0.29, 0.717) is 18.1 Å². The van der Waals surface area contributed by atoms with Crippen LogP contribution in [0.3, 0.4) is 0 Å². The van der Waals surface area contributed by atoms with Crippen LogP contribution in [0.5, 0.6) is 5.75 Å². The zero-order valence-corrected chi connectivity index (χ0v) is 5.83. The SMILES string of the molecule is CCOc1ccoc1CO. The van der Waals surface area contributed by atoms with Crippen molar-refractivity contribution in [1.82, 2.24) is 0 Å². The highest BCUT2D eigenvalue weighted by Gasteiger charge is 2.03. The van der Waals surface area contributed by atoms with E-state index in [1.54, 1.807) is 6.07 Å². The fourth-order valence-corrected chi connectivity index (χ4v) is 0.728. The fourth-order valence-electron chi connectivity index (χ4n) is 0.728. The van der Waals surface area contributed by atoms with Gasteiger partial charge >= 0.3 is 0 Å². The molecule has 0 aliphatic rings. The van der Waals surface area contributed by atoms with E-state index in [1.807, 2.05) is 6.92 Å². The molecule has 0 bridgehead atoms. The minimum absolute atomic E-state index is 0.109. The molecule has 3 nitrogen and oxygen atoms in total. The quantitative estimate of drug-likeness (QED) is 0.688. The van der Waals surface area contributed by atoms with E-state index >= 15 is 0 Å². The van der Waals surface area contributed by atoms with Gasteiger partial charge in [-0.3, -0.25) is 0 Å². The molecule has 0 fully saturated rings. The van der Waals surface area contributed by atoms with Gasteiger partial charge in [0, 0.05) is 6.07 Å². The van der Waals surface area contributed by atoms with Gasteiger partial charge < -0.3 is 14.3 Å². The van der Waals surface area contributed by atoms with Crippen LogP contribution in [-0.4, -0.2) is 11.7 Å². The first-order valence-corrected chi connectivity index (χ1v) is 3.18. The maximum absolute atomic E-state index is 8.66. The smallest absolute Gasteiger partial charge is 0.170 e. The lowest BCUT2D eigenvalue weighted by Gasteiger charge is -1.98. The predicted octanol–water partition coefficient (Wildman–Crippen LogP) is 1.17. The van der Waals surface area contributed by atoms with Crippen LogP contribution in [-0.2, 0) is 6.61 Å². The topological polar surface area (TPSA) is 42.6 Å². The van der Waals surface area contributed by atoms with Gasteiger partial charge in [0.15, 0.2) is 11.5 Å². The normalized spacial score (nSPS) is 9.80. The van der Waals surface area contributed by atoms with Crippen molar-refractivity contribution >= 4 is 0 Å². The van der Waals surface area contributed by atoms with Gasteiger partial charge in [-0.05, 0) is 6.92 Å². The van der Waals surface area contributed by atoms with Crippen LogP contribution >= 0.6 is 0 Å². The number of hydrogen-bond donors (Lipinski definition) is 1. The van der Waals surface area contributed by atoms with Crippen LogP contribution in [0.4, 0.5) is 0 Å². The van der Waals surface area contributed by atoms with Crippen LogP contribution in [0.2, 0.25) is 0 Å². The van der Waals surface area contributed by atoms with E-state index in [1.165, 1.54) is 6.26 Å². The molecule has 0 aliphatic carbocycles. The van der Waals surface area contributed by atoms with Crippen LogP contribution in [0.25, 0.3) is 0 Å². The molecule has 0 saturated heterocycles. The lowest BCUT2D eigenvalue weighted by atomic mass is 10.4. The Hall–Kier alpha value is -0.960. The molecule has 0 radical (unpaired) electrons. The van der Waals surface area contributed by atoms with Crippen molar-refractivity contribution in [3.05, 3.63) is 18.1 Å². The standard InChI is InChI=1S/C7H10O3/c1-2-9-6-3-4-10-7(6)5-8/h3-4,8H,2,5H2,1H3. The largest absolute Gasteiger partial charge is 0.490 e. The molecular formula is C7H10O3. The summed E-state index contributed by atoms with van der Waals surface area (Å²) in [5, 5.41) is 8.66. The second-order valence-electron chi connectivity index (χ2n) is 1.80. The number of aliphatic hydroxyl groups is 1. The molecule has 0 aromatic carbocycles. The van der Waals surface area contributed by atoms with Gasteiger partial charge in [-0.1, -0.05) is 0 Å². The van der Waals surface area contributed by atoms with Crippen molar-refractivity contribution in [2.45, 2.75) is 13.5 Å².